The summed E-state index contributed by atoms with van der Waals surface area (Å²) in [6.45, 7) is 16.3. The molecule has 0 aromatic rings. The van der Waals surface area contributed by atoms with Gasteiger partial charge in [-0.25, -0.2) is 0 Å². The molecule has 4 fully saturated rings. The highest BCUT2D eigenvalue weighted by atomic mass is 16.8. The van der Waals surface area contributed by atoms with Gasteiger partial charge >= 0.3 is 5.97 Å². The van der Waals surface area contributed by atoms with Crippen LogP contribution in [0.15, 0.2) is 0 Å². The van der Waals surface area contributed by atoms with Crippen LogP contribution < -0.4 is 0 Å². The number of fused-ring (bicyclic) bond motifs is 2. The lowest BCUT2D eigenvalue weighted by atomic mass is 9.98. The molecular formula is C26H44O12. The zero-order valence-electron chi connectivity index (χ0n) is 23.8. The molecule has 0 aliphatic carbocycles. The van der Waals surface area contributed by atoms with Crippen molar-refractivity contribution in [1.82, 2.24) is 0 Å². The van der Waals surface area contributed by atoms with Crippen molar-refractivity contribution in [1.29, 1.82) is 0 Å². The first kappa shape index (κ1) is 30.0. The molecule has 0 saturated carbocycles. The maximum absolute atomic E-state index is 11.9. The van der Waals surface area contributed by atoms with Crippen molar-refractivity contribution in [3.8, 4) is 0 Å². The van der Waals surface area contributed by atoms with E-state index in [-0.39, 0.29) is 25.4 Å². The van der Waals surface area contributed by atoms with Gasteiger partial charge in [-0.05, 0) is 55.4 Å². The number of carbonyl (C=O) groups is 1. The molecule has 220 valence electrons. The summed E-state index contributed by atoms with van der Waals surface area (Å²) in [6.07, 6.45) is -7.79. The fourth-order valence-electron chi connectivity index (χ4n) is 5.27. The molecule has 12 heteroatoms. The zero-order valence-corrected chi connectivity index (χ0v) is 23.8. The number of hydrogen-bond donors (Lipinski definition) is 1. The molecule has 0 bridgehead atoms. The average molecular weight is 549 g/mol. The first-order valence-corrected chi connectivity index (χ1v) is 13.4. The van der Waals surface area contributed by atoms with E-state index in [2.05, 4.69) is 0 Å². The van der Waals surface area contributed by atoms with Crippen molar-refractivity contribution in [2.45, 2.75) is 148 Å². The summed E-state index contributed by atoms with van der Waals surface area (Å²) in [5.41, 5.74) is 0. The van der Waals surface area contributed by atoms with E-state index in [1.165, 1.54) is 6.92 Å². The number of carbonyl (C=O) groups excluding carboxylic acids is 1. The second-order valence-corrected chi connectivity index (χ2v) is 11.7. The van der Waals surface area contributed by atoms with Crippen molar-refractivity contribution in [2.75, 3.05) is 13.2 Å². The lowest BCUT2D eigenvalue weighted by Gasteiger charge is -2.43. The van der Waals surface area contributed by atoms with Crippen molar-refractivity contribution in [3.05, 3.63) is 0 Å². The van der Waals surface area contributed by atoms with Crippen LogP contribution in [-0.2, 0) is 52.2 Å². The third-order valence-electron chi connectivity index (χ3n) is 6.61. The highest BCUT2D eigenvalue weighted by Gasteiger charge is 2.59. The molecule has 12 nitrogen and oxygen atoms in total. The SMILES string of the molecule is CC(=O)OC1C(OC(C)C)OC(COC2OC(COC(C)C)C3OC(C)(C)OC3C2O)C2OC(C)(C)OC21. The van der Waals surface area contributed by atoms with Crippen LogP contribution in [-0.4, -0.2) is 109 Å². The van der Waals surface area contributed by atoms with Gasteiger partial charge in [0.2, 0.25) is 0 Å². The normalized spacial score (nSPS) is 41.8. The van der Waals surface area contributed by atoms with Gasteiger partial charge in [-0.2, -0.15) is 0 Å². The van der Waals surface area contributed by atoms with Gasteiger partial charge in [-0.15, -0.1) is 0 Å². The first-order valence-electron chi connectivity index (χ1n) is 13.4. The molecule has 4 aliphatic heterocycles. The Morgan fingerprint density at radius 2 is 1.32 bits per heavy atom. The first-order chi connectivity index (χ1) is 17.7. The topological polar surface area (TPSA) is 130 Å². The van der Waals surface area contributed by atoms with Crippen molar-refractivity contribution in [2.24, 2.45) is 0 Å². The minimum atomic E-state index is -1.12. The quantitative estimate of drug-likeness (QED) is 0.421. The van der Waals surface area contributed by atoms with Crippen molar-refractivity contribution < 1.29 is 57.3 Å². The van der Waals surface area contributed by atoms with Gasteiger partial charge in [0.05, 0.1) is 25.4 Å². The van der Waals surface area contributed by atoms with Crippen LogP contribution in [0.25, 0.3) is 0 Å². The molecule has 0 aromatic heterocycles. The van der Waals surface area contributed by atoms with Crippen molar-refractivity contribution >= 4 is 5.97 Å². The van der Waals surface area contributed by atoms with E-state index in [9.17, 15) is 9.90 Å². The minimum Gasteiger partial charge on any atom is -0.454 e. The maximum Gasteiger partial charge on any atom is 0.303 e. The van der Waals surface area contributed by atoms with Gasteiger partial charge in [0.25, 0.3) is 0 Å². The summed E-state index contributed by atoms with van der Waals surface area (Å²) < 4.78 is 60.0. The van der Waals surface area contributed by atoms with Crippen LogP contribution in [0.4, 0.5) is 0 Å². The zero-order chi connectivity index (χ0) is 28.0. The van der Waals surface area contributed by atoms with Gasteiger partial charge in [0, 0.05) is 6.92 Å². The van der Waals surface area contributed by atoms with E-state index in [4.69, 9.17) is 47.4 Å². The molecule has 1 N–H and O–H groups in total. The molecule has 0 spiro atoms. The predicted octanol–water partition coefficient (Wildman–Crippen LogP) is 1.64. The number of aliphatic hydroxyl groups excluding tert-OH is 1. The molecule has 0 amide bonds. The van der Waals surface area contributed by atoms with E-state index < -0.39 is 79.0 Å². The van der Waals surface area contributed by atoms with E-state index in [1.54, 1.807) is 27.7 Å². The van der Waals surface area contributed by atoms with Crippen LogP contribution in [0.5, 0.6) is 0 Å². The number of aliphatic hydroxyl groups is 1. The van der Waals surface area contributed by atoms with Crippen LogP contribution in [0, 0.1) is 0 Å². The van der Waals surface area contributed by atoms with Crippen LogP contribution in [0.3, 0.4) is 0 Å². The van der Waals surface area contributed by atoms with Crippen LogP contribution >= 0.6 is 0 Å². The lowest BCUT2D eigenvalue weighted by Crippen LogP contribution is -2.61. The van der Waals surface area contributed by atoms with E-state index in [0.717, 1.165) is 0 Å². The fraction of sp³-hybridized carbons (Fsp3) is 0.962. The molecule has 4 saturated heterocycles. The second kappa shape index (κ2) is 11.5. The Balaban J connectivity index is 1.50. The summed E-state index contributed by atoms with van der Waals surface area (Å²) >= 11 is 0. The number of esters is 1. The Labute approximate surface area is 224 Å². The molecular weight excluding hydrogens is 504 g/mol. The average Bonchev–Trinajstić information content (AvgIpc) is 3.29. The summed E-state index contributed by atoms with van der Waals surface area (Å²) in [7, 11) is 0. The third-order valence-corrected chi connectivity index (χ3v) is 6.61. The van der Waals surface area contributed by atoms with Gasteiger partial charge in [-0.1, -0.05) is 0 Å². The second-order valence-electron chi connectivity index (χ2n) is 11.7. The molecule has 4 heterocycles. The molecule has 4 rings (SSSR count). The molecule has 0 aromatic carbocycles. The largest absolute Gasteiger partial charge is 0.454 e. The Kier molecular flexibility index (Phi) is 9.10. The fourth-order valence-corrected chi connectivity index (χ4v) is 5.27. The molecule has 4 aliphatic rings. The summed E-state index contributed by atoms with van der Waals surface area (Å²) in [5.74, 6) is -2.32. The smallest absolute Gasteiger partial charge is 0.303 e. The lowest BCUT2D eigenvalue weighted by molar-refractivity contribution is -0.320. The Hall–Kier alpha value is -0.930. The predicted molar refractivity (Wildman–Crippen MR) is 130 cm³/mol. The van der Waals surface area contributed by atoms with E-state index in [0.29, 0.717) is 0 Å². The van der Waals surface area contributed by atoms with E-state index in [1.807, 2.05) is 27.7 Å². The molecule has 38 heavy (non-hydrogen) atoms. The Bertz CT molecular complexity index is 816. The summed E-state index contributed by atoms with van der Waals surface area (Å²) in [6, 6.07) is 0. The highest BCUT2D eigenvalue weighted by Crippen LogP contribution is 2.41. The summed E-state index contributed by atoms with van der Waals surface area (Å²) in [5, 5.41) is 11.1. The third kappa shape index (κ3) is 6.85. The monoisotopic (exact) mass is 548 g/mol. The minimum absolute atomic E-state index is 0.0166. The number of hydrogen-bond acceptors (Lipinski definition) is 12. The Morgan fingerprint density at radius 1 is 0.789 bits per heavy atom. The standard InChI is InChI=1S/C26H44O12/c1-12(2)29-10-15-18-20(37-25(6,7)35-18)17(28)23(33-15)30-11-16-19-21(38-26(8,9)36-19)22(32-14(5)27)24(34-16)31-13(3)4/h12-13,15-24,28H,10-11H2,1-9H3. The van der Waals surface area contributed by atoms with E-state index >= 15 is 0 Å². The molecule has 0 radical (unpaired) electrons. The van der Waals surface area contributed by atoms with Gasteiger partial charge in [-0.3, -0.25) is 4.79 Å². The number of ether oxygens (including phenoxy) is 10. The Morgan fingerprint density at radius 3 is 1.89 bits per heavy atom. The molecule has 10 atom stereocenters. The van der Waals surface area contributed by atoms with Gasteiger partial charge in [0.15, 0.2) is 30.3 Å². The van der Waals surface area contributed by atoms with Crippen LogP contribution in [0.1, 0.15) is 62.3 Å². The maximum atomic E-state index is 11.9. The summed E-state index contributed by atoms with van der Waals surface area (Å²) in [4.78, 5) is 11.9. The highest BCUT2D eigenvalue weighted by molar-refractivity contribution is 5.66. The van der Waals surface area contributed by atoms with Crippen LogP contribution in [0.2, 0.25) is 0 Å². The van der Waals surface area contributed by atoms with Gasteiger partial charge in [0.1, 0.15) is 42.7 Å². The van der Waals surface area contributed by atoms with Crippen molar-refractivity contribution in [3.63, 3.8) is 0 Å². The number of rotatable bonds is 9. The van der Waals surface area contributed by atoms with Gasteiger partial charge < -0.3 is 52.5 Å². The molecule has 10 unspecified atom stereocenters.